The topological polar surface area (TPSA) is 68.4 Å². The Morgan fingerprint density at radius 1 is 1.12 bits per heavy atom. The van der Waals surface area contributed by atoms with E-state index < -0.39 is 0 Å². The number of fused-ring (bicyclic) bond motifs is 3. The lowest BCUT2D eigenvalue weighted by Gasteiger charge is -2.29. The van der Waals surface area contributed by atoms with Gasteiger partial charge in [-0.05, 0) is 31.0 Å². The van der Waals surface area contributed by atoms with Gasteiger partial charge in [-0.15, -0.1) is 0 Å². The van der Waals surface area contributed by atoms with E-state index in [1.807, 2.05) is 23.2 Å². The molecular weight excluding hydrogens is 314 g/mol. The lowest BCUT2D eigenvalue weighted by atomic mass is 9.97. The number of hydrogen-bond acceptors (Lipinski definition) is 3. The molecule has 0 unspecified atom stereocenters. The summed E-state index contributed by atoms with van der Waals surface area (Å²) in [5, 5.41) is 15.0. The first-order valence-corrected chi connectivity index (χ1v) is 8.69. The van der Waals surface area contributed by atoms with E-state index in [0.717, 1.165) is 35.9 Å². The number of nitrogens with zero attached hydrogens (tertiary/aromatic N) is 1. The number of phenols is 1. The van der Waals surface area contributed by atoms with Crippen LogP contribution < -0.4 is 5.32 Å². The maximum absolute atomic E-state index is 13.0. The van der Waals surface area contributed by atoms with Crippen LogP contribution in [0.5, 0.6) is 5.75 Å². The summed E-state index contributed by atoms with van der Waals surface area (Å²) >= 11 is 0. The number of para-hydroxylation sites is 2. The SMILES string of the molecule is O=C1c2cccc(O)c2N[C@@H](c2c[nH]c3ccccc23)[C@@H]2CCCN12. The van der Waals surface area contributed by atoms with Crippen LogP contribution in [0.25, 0.3) is 10.9 Å². The van der Waals surface area contributed by atoms with Crippen molar-refractivity contribution in [2.45, 2.75) is 24.9 Å². The smallest absolute Gasteiger partial charge is 0.256 e. The van der Waals surface area contributed by atoms with Crippen molar-refractivity contribution in [1.82, 2.24) is 9.88 Å². The molecule has 2 aliphatic heterocycles. The molecule has 1 aromatic heterocycles. The van der Waals surface area contributed by atoms with Crippen LogP contribution in [-0.2, 0) is 0 Å². The molecule has 25 heavy (non-hydrogen) atoms. The van der Waals surface area contributed by atoms with Crippen LogP contribution >= 0.6 is 0 Å². The Balaban J connectivity index is 1.71. The highest BCUT2D eigenvalue weighted by atomic mass is 16.3. The first-order chi connectivity index (χ1) is 12.2. The van der Waals surface area contributed by atoms with Crippen molar-refractivity contribution in [3.05, 3.63) is 59.8 Å². The molecule has 0 bridgehead atoms. The van der Waals surface area contributed by atoms with Gasteiger partial charge in [0.05, 0.1) is 23.3 Å². The number of nitrogens with one attached hydrogen (secondary N) is 2. The largest absolute Gasteiger partial charge is 0.506 e. The standard InChI is InChI=1S/C20H19N3O2/c24-17-9-3-6-13-19(17)22-18(16-8-4-10-23(16)20(13)25)14-11-21-15-7-2-1-5-12(14)15/h1-3,5-7,9,11,16,18,21-22,24H,4,8,10H2/t16-,18-/m0/s1. The highest BCUT2D eigenvalue weighted by Crippen LogP contribution is 2.42. The highest BCUT2D eigenvalue weighted by Gasteiger charge is 2.41. The van der Waals surface area contributed by atoms with Crippen LogP contribution in [0.15, 0.2) is 48.7 Å². The quantitative estimate of drug-likeness (QED) is 0.596. The maximum Gasteiger partial charge on any atom is 0.256 e. The van der Waals surface area contributed by atoms with Crippen LogP contribution in [0.4, 0.5) is 5.69 Å². The first-order valence-electron chi connectivity index (χ1n) is 8.69. The zero-order valence-electron chi connectivity index (χ0n) is 13.7. The number of benzene rings is 2. The summed E-state index contributed by atoms with van der Waals surface area (Å²) in [5.41, 5.74) is 3.31. The second-order valence-corrected chi connectivity index (χ2v) is 6.82. The van der Waals surface area contributed by atoms with Crippen molar-refractivity contribution < 1.29 is 9.90 Å². The lowest BCUT2D eigenvalue weighted by Crippen LogP contribution is -2.38. The number of phenolic OH excluding ortho intramolecular Hbond substituents is 1. The Labute approximate surface area is 145 Å². The summed E-state index contributed by atoms with van der Waals surface area (Å²) in [5.74, 6) is 0.125. The van der Waals surface area contributed by atoms with Crippen molar-refractivity contribution in [2.75, 3.05) is 11.9 Å². The molecular formula is C20H19N3O2. The van der Waals surface area contributed by atoms with E-state index >= 15 is 0 Å². The molecule has 2 atom stereocenters. The lowest BCUT2D eigenvalue weighted by molar-refractivity contribution is 0.0731. The summed E-state index contributed by atoms with van der Waals surface area (Å²) in [6, 6.07) is 13.4. The van der Waals surface area contributed by atoms with Gasteiger partial charge in [-0.3, -0.25) is 4.79 Å². The van der Waals surface area contributed by atoms with Gasteiger partial charge in [0.25, 0.3) is 5.91 Å². The Kier molecular flexibility index (Phi) is 3.04. The van der Waals surface area contributed by atoms with Crippen molar-refractivity contribution in [2.24, 2.45) is 0 Å². The van der Waals surface area contributed by atoms with Gasteiger partial charge in [0.2, 0.25) is 0 Å². The van der Waals surface area contributed by atoms with Gasteiger partial charge in [0.15, 0.2) is 0 Å². The third-order valence-electron chi connectivity index (χ3n) is 5.47. The molecule has 2 aliphatic rings. The number of hydrogen-bond donors (Lipinski definition) is 3. The van der Waals surface area contributed by atoms with E-state index in [-0.39, 0.29) is 23.7 Å². The van der Waals surface area contributed by atoms with E-state index in [2.05, 4.69) is 22.4 Å². The van der Waals surface area contributed by atoms with Crippen LogP contribution in [0.3, 0.4) is 0 Å². The van der Waals surface area contributed by atoms with E-state index in [0.29, 0.717) is 11.3 Å². The van der Waals surface area contributed by atoms with Gasteiger partial charge in [-0.1, -0.05) is 24.3 Å². The molecule has 5 rings (SSSR count). The molecule has 0 spiro atoms. The predicted octanol–water partition coefficient (Wildman–Crippen LogP) is 3.64. The average molecular weight is 333 g/mol. The molecule has 0 saturated carbocycles. The molecule has 1 amide bonds. The Morgan fingerprint density at radius 3 is 2.92 bits per heavy atom. The van der Waals surface area contributed by atoms with E-state index in [9.17, 15) is 9.90 Å². The molecule has 5 nitrogen and oxygen atoms in total. The number of carbonyl (C=O) groups excluding carboxylic acids is 1. The van der Waals surface area contributed by atoms with Crippen molar-refractivity contribution in [3.8, 4) is 5.75 Å². The minimum atomic E-state index is -0.0582. The minimum Gasteiger partial charge on any atom is -0.506 e. The van der Waals surface area contributed by atoms with Gasteiger partial charge in [0.1, 0.15) is 5.75 Å². The Hall–Kier alpha value is -2.95. The third-order valence-corrected chi connectivity index (χ3v) is 5.47. The maximum atomic E-state index is 13.0. The fourth-order valence-electron chi connectivity index (χ4n) is 4.30. The fourth-order valence-corrected chi connectivity index (χ4v) is 4.30. The zero-order chi connectivity index (χ0) is 17.0. The molecule has 0 aliphatic carbocycles. The number of aromatic hydroxyl groups is 1. The van der Waals surface area contributed by atoms with Gasteiger partial charge >= 0.3 is 0 Å². The van der Waals surface area contributed by atoms with Gasteiger partial charge < -0.3 is 20.3 Å². The molecule has 3 heterocycles. The van der Waals surface area contributed by atoms with E-state index in [1.54, 1.807) is 18.2 Å². The van der Waals surface area contributed by atoms with E-state index in [4.69, 9.17) is 0 Å². The van der Waals surface area contributed by atoms with Crippen molar-refractivity contribution in [3.63, 3.8) is 0 Å². The molecule has 1 fully saturated rings. The molecule has 0 radical (unpaired) electrons. The summed E-state index contributed by atoms with van der Waals surface area (Å²) < 4.78 is 0. The molecule has 2 aromatic carbocycles. The second kappa shape index (κ2) is 5.28. The third kappa shape index (κ3) is 2.05. The van der Waals surface area contributed by atoms with Gasteiger partial charge in [0, 0.05) is 29.2 Å². The number of amides is 1. The van der Waals surface area contributed by atoms with Crippen molar-refractivity contribution >= 4 is 22.5 Å². The molecule has 3 N–H and O–H groups in total. The van der Waals surface area contributed by atoms with Gasteiger partial charge in [-0.25, -0.2) is 0 Å². The van der Waals surface area contributed by atoms with Crippen LogP contribution in [0.1, 0.15) is 34.8 Å². The highest BCUT2D eigenvalue weighted by molar-refractivity contribution is 6.02. The van der Waals surface area contributed by atoms with Crippen molar-refractivity contribution in [1.29, 1.82) is 0 Å². The van der Waals surface area contributed by atoms with Gasteiger partial charge in [-0.2, -0.15) is 0 Å². The number of aromatic amines is 1. The second-order valence-electron chi connectivity index (χ2n) is 6.82. The van der Waals surface area contributed by atoms with E-state index in [1.165, 1.54) is 0 Å². The number of anilines is 1. The fraction of sp³-hybridized carbons (Fsp3) is 0.250. The minimum absolute atomic E-state index is 0.00300. The predicted molar refractivity (Wildman–Crippen MR) is 96.8 cm³/mol. The molecule has 5 heteroatoms. The van der Waals surface area contributed by atoms with Crippen LogP contribution in [0, 0.1) is 0 Å². The first kappa shape index (κ1) is 14.4. The average Bonchev–Trinajstić information content (AvgIpc) is 3.25. The number of aromatic nitrogens is 1. The summed E-state index contributed by atoms with van der Waals surface area (Å²) in [6.45, 7) is 0.763. The normalized spacial score (nSPS) is 22.4. The number of rotatable bonds is 1. The van der Waals surface area contributed by atoms with Crippen LogP contribution in [-0.4, -0.2) is 33.5 Å². The zero-order valence-corrected chi connectivity index (χ0v) is 13.7. The number of H-pyrrole nitrogens is 1. The summed E-state index contributed by atoms with van der Waals surface area (Å²) in [6.07, 6.45) is 3.98. The summed E-state index contributed by atoms with van der Waals surface area (Å²) in [7, 11) is 0. The monoisotopic (exact) mass is 333 g/mol. The Morgan fingerprint density at radius 2 is 2.00 bits per heavy atom. The summed E-state index contributed by atoms with van der Waals surface area (Å²) in [4.78, 5) is 18.3. The molecule has 126 valence electrons. The Bertz CT molecular complexity index is 978. The molecule has 3 aromatic rings. The molecule has 1 saturated heterocycles. The number of carbonyl (C=O) groups is 1. The van der Waals surface area contributed by atoms with Crippen LogP contribution in [0.2, 0.25) is 0 Å².